The number of furan rings is 1. The van der Waals surface area contributed by atoms with Gasteiger partial charge in [-0.1, -0.05) is 29.4 Å². The van der Waals surface area contributed by atoms with Crippen LogP contribution in [0.4, 0.5) is 0 Å². The van der Waals surface area contributed by atoms with Crippen molar-refractivity contribution >= 4 is 27.3 Å². The lowest BCUT2D eigenvalue weighted by Crippen LogP contribution is -1.83. The number of thiazole rings is 1. The van der Waals surface area contributed by atoms with Crippen LogP contribution in [0.5, 0.6) is 0 Å². The van der Waals surface area contributed by atoms with Crippen molar-refractivity contribution in [3.8, 4) is 34.3 Å². The zero-order valence-electron chi connectivity index (χ0n) is 12.0. The molecule has 0 fully saturated rings. The highest BCUT2D eigenvalue weighted by atomic mass is 79.9. The Morgan fingerprint density at radius 3 is 2.43 bits per heavy atom. The minimum Gasteiger partial charge on any atom is -0.444 e. The quantitative estimate of drug-likeness (QED) is 0.483. The molecule has 3 aromatic heterocycles. The van der Waals surface area contributed by atoms with E-state index in [0.29, 0.717) is 22.1 Å². The molecule has 0 radical (unpaired) electrons. The van der Waals surface area contributed by atoms with E-state index in [-0.39, 0.29) is 0 Å². The first-order valence-corrected chi connectivity index (χ1v) is 8.49. The predicted molar refractivity (Wildman–Crippen MR) is 91.0 cm³/mol. The summed E-state index contributed by atoms with van der Waals surface area (Å²) in [6.07, 6.45) is 0. The van der Waals surface area contributed by atoms with Crippen molar-refractivity contribution in [2.45, 2.75) is 6.92 Å². The highest BCUT2D eigenvalue weighted by Gasteiger charge is 2.14. The van der Waals surface area contributed by atoms with Gasteiger partial charge in [-0.25, -0.2) is 4.98 Å². The fourth-order valence-electron chi connectivity index (χ4n) is 2.16. The van der Waals surface area contributed by atoms with E-state index < -0.39 is 0 Å². The van der Waals surface area contributed by atoms with Crippen LogP contribution in [0.15, 0.2) is 55.4 Å². The van der Waals surface area contributed by atoms with E-state index >= 15 is 0 Å². The molecule has 4 aromatic rings. The van der Waals surface area contributed by atoms with Gasteiger partial charge in [-0.3, -0.25) is 0 Å². The zero-order valence-corrected chi connectivity index (χ0v) is 14.4. The molecule has 0 unspecified atom stereocenters. The Kier molecular flexibility index (Phi) is 3.59. The van der Waals surface area contributed by atoms with Crippen molar-refractivity contribution in [2.24, 2.45) is 0 Å². The average Bonchev–Trinajstić information content (AvgIpc) is 3.28. The smallest absolute Gasteiger partial charge is 0.293 e. The minimum absolute atomic E-state index is 0.352. The van der Waals surface area contributed by atoms with Gasteiger partial charge in [-0.2, -0.15) is 4.98 Å². The van der Waals surface area contributed by atoms with E-state index in [1.165, 1.54) is 0 Å². The molecule has 0 aliphatic carbocycles. The molecule has 0 atom stereocenters. The van der Waals surface area contributed by atoms with Crippen LogP contribution in [0, 0.1) is 6.92 Å². The number of aromatic nitrogens is 3. The lowest BCUT2D eigenvalue weighted by Gasteiger charge is -1.98. The molecule has 0 saturated heterocycles. The Balaban J connectivity index is 1.62. The maximum absolute atomic E-state index is 5.41. The van der Waals surface area contributed by atoms with Crippen molar-refractivity contribution in [2.75, 3.05) is 0 Å². The summed E-state index contributed by atoms with van der Waals surface area (Å²) in [6, 6.07) is 11.5. The fraction of sp³-hybridized carbons (Fsp3) is 0.0625. The second kappa shape index (κ2) is 5.75. The number of rotatable bonds is 3. The van der Waals surface area contributed by atoms with Crippen LogP contribution < -0.4 is 0 Å². The molecule has 23 heavy (non-hydrogen) atoms. The first-order chi connectivity index (χ1) is 11.2. The van der Waals surface area contributed by atoms with Crippen molar-refractivity contribution in [3.63, 3.8) is 0 Å². The highest BCUT2D eigenvalue weighted by Crippen LogP contribution is 2.27. The Morgan fingerprint density at radius 1 is 1.00 bits per heavy atom. The largest absolute Gasteiger partial charge is 0.444 e. The lowest BCUT2D eigenvalue weighted by atomic mass is 10.1. The van der Waals surface area contributed by atoms with Crippen LogP contribution >= 0.6 is 27.3 Å². The zero-order chi connectivity index (χ0) is 15.8. The standard InChI is InChI=1S/C16H10BrN3O2S/c1-9-18-12(8-23-9)10-2-4-11(5-3-10)15-19-16(22-20-15)13-6-7-14(17)21-13/h2-8H,1H3. The molecule has 0 N–H and O–H groups in total. The van der Waals surface area contributed by atoms with Crippen molar-refractivity contribution in [3.05, 3.63) is 51.5 Å². The molecule has 0 amide bonds. The molecule has 1 aromatic carbocycles. The van der Waals surface area contributed by atoms with Gasteiger partial charge in [0.25, 0.3) is 5.89 Å². The summed E-state index contributed by atoms with van der Waals surface area (Å²) in [4.78, 5) is 8.85. The summed E-state index contributed by atoms with van der Waals surface area (Å²) in [5, 5.41) is 7.10. The number of nitrogens with zero attached hydrogens (tertiary/aromatic N) is 3. The SMILES string of the molecule is Cc1nc(-c2ccc(-c3noc(-c4ccc(Br)o4)n3)cc2)cs1. The highest BCUT2D eigenvalue weighted by molar-refractivity contribution is 9.10. The van der Waals surface area contributed by atoms with Crippen LogP contribution in [-0.2, 0) is 0 Å². The summed E-state index contributed by atoms with van der Waals surface area (Å²) in [7, 11) is 0. The van der Waals surface area contributed by atoms with Gasteiger partial charge >= 0.3 is 0 Å². The first-order valence-electron chi connectivity index (χ1n) is 6.81. The monoisotopic (exact) mass is 387 g/mol. The van der Waals surface area contributed by atoms with Crippen LogP contribution in [0.3, 0.4) is 0 Å². The summed E-state index contributed by atoms with van der Waals surface area (Å²) in [5.41, 5.74) is 2.92. The third kappa shape index (κ3) is 2.85. The lowest BCUT2D eigenvalue weighted by molar-refractivity contribution is 0.414. The molecule has 5 nitrogen and oxygen atoms in total. The molecule has 3 heterocycles. The van der Waals surface area contributed by atoms with E-state index in [1.54, 1.807) is 23.5 Å². The number of hydrogen-bond donors (Lipinski definition) is 0. The molecular formula is C16H10BrN3O2S. The molecule has 0 aliphatic rings. The molecular weight excluding hydrogens is 378 g/mol. The van der Waals surface area contributed by atoms with Crippen LogP contribution in [0.1, 0.15) is 5.01 Å². The van der Waals surface area contributed by atoms with Crippen LogP contribution in [0.25, 0.3) is 34.3 Å². The van der Waals surface area contributed by atoms with Crippen LogP contribution in [-0.4, -0.2) is 15.1 Å². The van der Waals surface area contributed by atoms with Crippen molar-refractivity contribution < 1.29 is 8.94 Å². The molecule has 114 valence electrons. The predicted octanol–water partition coefficient (Wildman–Crippen LogP) is 5.19. The molecule has 7 heteroatoms. The maximum Gasteiger partial charge on any atom is 0.293 e. The summed E-state index contributed by atoms with van der Waals surface area (Å²) >= 11 is 4.89. The number of benzene rings is 1. The van der Waals surface area contributed by atoms with E-state index in [9.17, 15) is 0 Å². The molecule has 4 rings (SSSR count). The van der Waals surface area contributed by atoms with Gasteiger partial charge < -0.3 is 8.94 Å². The third-order valence-electron chi connectivity index (χ3n) is 3.27. The van der Waals surface area contributed by atoms with Gasteiger partial charge in [-0.15, -0.1) is 11.3 Å². The van der Waals surface area contributed by atoms with E-state index in [0.717, 1.165) is 21.8 Å². The molecule has 0 spiro atoms. The second-order valence-electron chi connectivity index (χ2n) is 4.86. The third-order valence-corrected chi connectivity index (χ3v) is 4.47. The van der Waals surface area contributed by atoms with Gasteiger partial charge in [-0.05, 0) is 35.0 Å². The van der Waals surface area contributed by atoms with E-state index in [1.807, 2.05) is 36.6 Å². The van der Waals surface area contributed by atoms with Crippen molar-refractivity contribution in [1.82, 2.24) is 15.1 Å². The van der Waals surface area contributed by atoms with Gasteiger partial charge in [0.05, 0.1) is 10.7 Å². The second-order valence-corrected chi connectivity index (χ2v) is 6.70. The fourth-order valence-corrected chi connectivity index (χ4v) is 3.08. The Morgan fingerprint density at radius 2 is 1.78 bits per heavy atom. The Hall–Kier alpha value is -2.25. The molecule has 0 saturated carbocycles. The number of aryl methyl sites for hydroxylation is 1. The summed E-state index contributed by atoms with van der Waals surface area (Å²) in [6.45, 7) is 2.00. The van der Waals surface area contributed by atoms with Gasteiger partial charge in [0.2, 0.25) is 5.82 Å². The maximum atomic E-state index is 5.41. The first kappa shape index (κ1) is 14.3. The number of hydrogen-bond acceptors (Lipinski definition) is 6. The van der Waals surface area contributed by atoms with Gasteiger partial charge in [0.15, 0.2) is 10.4 Å². The van der Waals surface area contributed by atoms with Crippen molar-refractivity contribution in [1.29, 1.82) is 0 Å². The Bertz CT molecular complexity index is 956. The summed E-state index contributed by atoms with van der Waals surface area (Å²) in [5.74, 6) is 1.41. The topological polar surface area (TPSA) is 65.0 Å². The van der Waals surface area contributed by atoms with Gasteiger partial charge in [0, 0.05) is 16.5 Å². The molecule has 0 bridgehead atoms. The van der Waals surface area contributed by atoms with E-state index in [2.05, 4.69) is 31.1 Å². The number of halogens is 1. The summed E-state index contributed by atoms with van der Waals surface area (Å²) < 4.78 is 11.3. The average molecular weight is 388 g/mol. The molecule has 0 aliphatic heterocycles. The Labute approximate surface area is 144 Å². The van der Waals surface area contributed by atoms with Crippen LogP contribution in [0.2, 0.25) is 0 Å². The minimum atomic E-state index is 0.352. The van der Waals surface area contributed by atoms with Gasteiger partial charge in [0.1, 0.15) is 0 Å². The van der Waals surface area contributed by atoms with E-state index in [4.69, 9.17) is 8.94 Å². The normalized spacial score (nSPS) is 11.0.